The van der Waals surface area contributed by atoms with E-state index in [4.69, 9.17) is 10.5 Å². The molecule has 0 spiro atoms. The van der Waals surface area contributed by atoms with Crippen LogP contribution in [0.5, 0.6) is 0 Å². The Morgan fingerprint density at radius 2 is 2.19 bits per heavy atom. The Bertz CT molecular complexity index is 252. The Morgan fingerprint density at radius 1 is 1.56 bits per heavy atom. The smallest absolute Gasteiger partial charge is 0.232 e. The molecule has 0 aromatic rings. The van der Waals surface area contributed by atoms with Gasteiger partial charge in [-0.15, -0.1) is 0 Å². The van der Waals surface area contributed by atoms with Crippen molar-refractivity contribution >= 4 is 16.7 Å². The zero-order chi connectivity index (χ0) is 12.0. The minimum Gasteiger partial charge on any atom is -0.381 e. The fraction of sp³-hybridized carbons (Fsp3) is 0.900. The summed E-state index contributed by atoms with van der Waals surface area (Å²) in [5.74, 6) is 0.283. The average Bonchev–Trinajstić information content (AvgIpc) is 2.17. The summed E-state index contributed by atoms with van der Waals surface area (Å²) in [5, 5.41) is 2.87. The van der Waals surface area contributed by atoms with Crippen LogP contribution in [0.2, 0.25) is 0 Å². The highest BCUT2D eigenvalue weighted by Gasteiger charge is 2.17. The van der Waals surface area contributed by atoms with Gasteiger partial charge in [-0.2, -0.15) is 0 Å². The van der Waals surface area contributed by atoms with Crippen molar-refractivity contribution < 1.29 is 13.7 Å². The highest BCUT2D eigenvalue weighted by Crippen LogP contribution is 2.05. The van der Waals surface area contributed by atoms with E-state index in [0.29, 0.717) is 19.0 Å². The van der Waals surface area contributed by atoms with E-state index >= 15 is 0 Å². The van der Waals surface area contributed by atoms with Gasteiger partial charge < -0.3 is 15.8 Å². The Morgan fingerprint density at radius 3 is 2.75 bits per heavy atom. The highest BCUT2D eigenvalue weighted by atomic mass is 32.2. The molecule has 0 saturated carbocycles. The van der Waals surface area contributed by atoms with Crippen molar-refractivity contribution in [2.75, 3.05) is 24.7 Å². The summed E-state index contributed by atoms with van der Waals surface area (Å²) in [5.41, 5.74) is 5.51. The van der Waals surface area contributed by atoms with Gasteiger partial charge in [-0.25, -0.2) is 0 Å². The minimum absolute atomic E-state index is 0.0545. The van der Waals surface area contributed by atoms with Crippen LogP contribution in [0.4, 0.5) is 0 Å². The van der Waals surface area contributed by atoms with Crippen LogP contribution in [-0.2, 0) is 20.3 Å². The maximum absolute atomic E-state index is 11.5. The Hall–Kier alpha value is -0.460. The molecule has 1 heterocycles. The van der Waals surface area contributed by atoms with Gasteiger partial charge in [0.05, 0.1) is 0 Å². The molecule has 1 amide bonds. The lowest BCUT2D eigenvalue weighted by Crippen LogP contribution is -2.41. The second kappa shape index (κ2) is 6.98. The topological polar surface area (TPSA) is 81.4 Å². The normalized spacial score (nSPS) is 21.4. The average molecular weight is 248 g/mol. The molecule has 0 aliphatic carbocycles. The number of carbonyl (C=O) groups excluding carboxylic acids is 1. The number of nitrogens with one attached hydrogen (secondary N) is 1. The van der Waals surface area contributed by atoms with E-state index in [9.17, 15) is 9.00 Å². The molecule has 94 valence electrons. The molecule has 2 unspecified atom stereocenters. The lowest BCUT2D eigenvalue weighted by molar-refractivity contribution is -0.119. The van der Waals surface area contributed by atoms with Crippen molar-refractivity contribution in [3.63, 3.8) is 0 Å². The van der Waals surface area contributed by atoms with Gasteiger partial charge in [0.1, 0.15) is 5.75 Å². The highest BCUT2D eigenvalue weighted by molar-refractivity contribution is 7.85. The third-order valence-corrected chi connectivity index (χ3v) is 3.81. The predicted octanol–water partition coefficient (Wildman–Crippen LogP) is -0.622. The lowest BCUT2D eigenvalue weighted by atomic mass is 10.1. The summed E-state index contributed by atoms with van der Waals surface area (Å²) < 4.78 is 16.6. The molecule has 1 saturated heterocycles. The molecule has 1 fully saturated rings. The van der Waals surface area contributed by atoms with Crippen molar-refractivity contribution in [3.05, 3.63) is 0 Å². The van der Waals surface area contributed by atoms with E-state index in [-0.39, 0.29) is 23.7 Å². The molecule has 2 atom stereocenters. The van der Waals surface area contributed by atoms with Crippen molar-refractivity contribution in [2.24, 2.45) is 5.73 Å². The van der Waals surface area contributed by atoms with E-state index < -0.39 is 10.8 Å². The van der Waals surface area contributed by atoms with Crippen LogP contribution >= 0.6 is 0 Å². The van der Waals surface area contributed by atoms with E-state index in [1.165, 1.54) is 0 Å². The first kappa shape index (κ1) is 13.6. The molecule has 0 aromatic carbocycles. The van der Waals surface area contributed by atoms with E-state index in [2.05, 4.69) is 5.32 Å². The number of ether oxygens (including phenoxy) is 1. The molecular formula is C10H20N2O3S. The fourth-order valence-corrected chi connectivity index (χ4v) is 2.69. The Labute approximate surface area is 98.6 Å². The second-order valence-electron chi connectivity index (χ2n) is 4.18. The molecule has 0 aromatic heterocycles. The van der Waals surface area contributed by atoms with Crippen molar-refractivity contribution in [2.45, 2.75) is 31.8 Å². The first-order valence-corrected chi connectivity index (χ1v) is 7.04. The second-order valence-corrected chi connectivity index (χ2v) is 5.68. The zero-order valence-corrected chi connectivity index (χ0v) is 10.4. The number of nitrogens with two attached hydrogens (primary N) is 1. The van der Waals surface area contributed by atoms with Gasteiger partial charge in [-0.05, 0) is 19.8 Å². The summed E-state index contributed by atoms with van der Waals surface area (Å²) in [4.78, 5) is 11.5. The van der Waals surface area contributed by atoms with Crippen LogP contribution in [0, 0.1) is 0 Å². The van der Waals surface area contributed by atoms with E-state index in [0.717, 1.165) is 12.8 Å². The first-order valence-electron chi connectivity index (χ1n) is 5.55. The third-order valence-electron chi connectivity index (χ3n) is 2.33. The molecule has 6 heteroatoms. The zero-order valence-electron chi connectivity index (χ0n) is 9.61. The maximum atomic E-state index is 11.5. The Balaban J connectivity index is 2.21. The van der Waals surface area contributed by atoms with Crippen LogP contribution in [0.1, 0.15) is 19.8 Å². The standard InChI is InChI=1S/C10H20N2O3S/c1-8(11)6-16(14)7-10(13)12-9-2-4-15-5-3-9/h8-9H,2-7,11H2,1H3,(H,12,13). The lowest BCUT2D eigenvalue weighted by Gasteiger charge is -2.23. The number of rotatable bonds is 5. The van der Waals surface area contributed by atoms with Crippen LogP contribution < -0.4 is 11.1 Å². The van der Waals surface area contributed by atoms with Gasteiger partial charge in [0.25, 0.3) is 0 Å². The van der Waals surface area contributed by atoms with Gasteiger partial charge in [-0.1, -0.05) is 0 Å². The van der Waals surface area contributed by atoms with Crippen molar-refractivity contribution in [3.8, 4) is 0 Å². The number of hydrogen-bond acceptors (Lipinski definition) is 4. The molecule has 1 aliphatic rings. The number of amides is 1. The van der Waals surface area contributed by atoms with Crippen LogP contribution in [-0.4, -0.2) is 46.9 Å². The molecule has 1 aliphatic heterocycles. The quantitative estimate of drug-likeness (QED) is 0.679. The van der Waals surface area contributed by atoms with Gasteiger partial charge in [-0.3, -0.25) is 9.00 Å². The van der Waals surface area contributed by atoms with Crippen LogP contribution in [0.25, 0.3) is 0 Å². The van der Waals surface area contributed by atoms with Gasteiger partial charge in [0.2, 0.25) is 5.91 Å². The van der Waals surface area contributed by atoms with Crippen LogP contribution in [0.3, 0.4) is 0 Å². The molecule has 16 heavy (non-hydrogen) atoms. The monoisotopic (exact) mass is 248 g/mol. The molecule has 0 bridgehead atoms. The SMILES string of the molecule is CC(N)CS(=O)CC(=O)NC1CCOCC1. The van der Waals surface area contributed by atoms with Crippen molar-refractivity contribution in [1.82, 2.24) is 5.32 Å². The summed E-state index contributed by atoms with van der Waals surface area (Å²) in [6, 6.07) is 0.0465. The summed E-state index contributed by atoms with van der Waals surface area (Å²) >= 11 is 0. The maximum Gasteiger partial charge on any atom is 0.232 e. The predicted molar refractivity (Wildman–Crippen MR) is 63.5 cm³/mol. The molecule has 1 rings (SSSR count). The Kier molecular flexibility index (Phi) is 5.94. The summed E-state index contributed by atoms with van der Waals surface area (Å²) in [6.07, 6.45) is 1.68. The molecule has 0 radical (unpaired) electrons. The number of carbonyl (C=O) groups is 1. The minimum atomic E-state index is -1.15. The summed E-state index contributed by atoms with van der Waals surface area (Å²) in [7, 11) is -1.15. The molecule has 5 nitrogen and oxygen atoms in total. The largest absolute Gasteiger partial charge is 0.381 e. The molecule has 3 N–H and O–H groups in total. The van der Waals surface area contributed by atoms with E-state index in [1.807, 2.05) is 0 Å². The third kappa shape index (κ3) is 5.58. The van der Waals surface area contributed by atoms with Gasteiger partial charge in [0.15, 0.2) is 0 Å². The van der Waals surface area contributed by atoms with Crippen molar-refractivity contribution in [1.29, 1.82) is 0 Å². The van der Waals surface area contributed by atoms with Crippen LogP contribution in [0.15, 0.2) is 0 Å². The van der Waals surface area contributed by atoms with Gasteiger partial charge >= 0.3 is 0 Å². The fourth-order valence-electron chi connectivity index (χ4n) is 1.61. The summed E-state index contributed by atoms with van der Waals surface area (Å²) in [6.45, 7) is 3.16. The van der Waals surface area contributed by atoms with Gasteiger partial charge in [0, 0.05) is 41.8 Å². The van der Waals surface area contributed by atoms with E-state index in [1.54, 1.807) is 6.92 Å². The molecular weight excluding hydrogens is 228 g/mol. The number of hydrogen-bond donors (Lipinski definition) is 2. The first-order chi connectivity index (χ1) is 7.58.